The third-order valence-corrected chi connectivity index (χ3v) is 5.83. The fourth-order valence-electron chi connectivity index (χ4n) is 2.37. The van der Waals surface area contributed by atoms with E-state index in [4.69, 9.17) is 4.84 Å². The van der Waals surface area contributed by atoms with Gasteiger partial charge in [-0.2, -0.15) is 6.07 Å². The Morgan fingerprint density at radius 1 is 1.16 bits per heavy atom. The van der Waals surface area contributed by atoms with Crippen LogP contribution in [0.2, 0.25) is 0 Å². The minimum atomic E-state index is -3.70. The Balaban J connectivity index is 0.00000341. The normalized spacial score (nSPS) is 11.2. The average Bonchev–Trinajstić information content (AvgIpc) is 2.76. The summed E-state index contributed by atoms with van der Waals surface area (Å²) in [5, 5.41) is 12.7. The number of anilines is 2. The molecule has 3 aromatic rings. The first-order valence-electron chi connectivity index (χ1n) is 8.72. The SMILES string of the molecule is C/C(=C/ONc1[c-]cc(NC(=O)c2ccccc2)c(O)c1)S(=O)(=O)c1ccncc1.[Y]. The van der Waals surface area contributed by atoms with E-state index in [1.165, 1.54) is 43.6 Å². The molecule has 1 amide bonds. The first-order valence-corrected chi connectivity index (χ1v) is 10.2. The second-order valence-electron chi connectivity index (χ2n) is 6.10. The predicted molar refractivity (Wildman–Crippen MR) is 111 cm³/mol. The van der Waals surface area contributed by atoms with Gasteiger partial charge < -0.3 is 15.3 Å². The second-order valence-corrected chi connectivity index (χ2v) is 8.22. The van der Waals surface area contributed by atoms with Gasteiger partial charge in [-0.3, -0.25) is 9.78 Å². The summed E-state index contributed by atoms with van der Waals surface area (Å²) in [4.78, 5) is 21.1. The van der Waals surface area contributed by atoms with Crippen LogP contribution < -0.4 is 10.8 Å². The predicted octanol–water partition coefficient (Wildman–Crippen LogP) is 3.52. The molecule has 0 bridgehead atoms. The molecular weight excluding hydrogens is 495 g/mol. The van der Waals surface area contributed by atoms with E-state index in [1.54, 1.807) is 30.3 Å². The summed E-state index contributed by atoms with van der Waals surface area (Å²) in [5.41, 5.74) is 3.31. The molecule has 0 fully saturated rings. The van der Waals surface area contributed by atoms with E-state index >= 15 is 0 Å². The molecule has 0 aliphatic heterocycles. The van der Waals surface area contributed by atoms with Gasteiger partial charge in [-0.05, 0) is 42.6 Å². The Morgan fingerprint density at radius 3 is 2.48 bits per heavy atom. The van der Waals surface area contributed by atoms with Gasteiger partial charge in [0, 0.05) is 56.4 Å². The molecule has 0 saturated carbocycles. The number of sulfone groups is 1. The van der Waals surface area contributed by atoms with E-state index in [0.717, 1.165) is 6.26 Å². The molecule has 0 saturated heterocycles. The van der Waals surface area contributed by atoms with Crippen LogP contribution in [0.25, 0.3) is 0 Å². The average molecular weight is 513 g/mol. The number of carbonyl (C=O) groups is 1. The molecule has 1 aromatic heterocycles. The standard InChI is InChI=1S/C21H18N3O5S.Y/c1-15(30(27,28)18-9-11-22-12-10-18)14-29-24-17-7-8-19(20(25)13-17)23-21(26)16-5-3-2-4-6-16;/h2-6,8-14,24-25H,1H3,(H,23,26);/q-1;/b15-14-;. The summed E-state index contributed by atoms with van der Waals surface area (Å²) in [7, 11) is -3.70. The van der Waals surface area contributed by atoms with Gasteiger partial charge in [0.15, 0.2) is 0 Å². The molecule has 0 aliphatic rings. The maximum atomic E-state index is 12.4. The summed E-state index contributed by atoms with van der Waals surface area (Å²) in [6.45, 7) is 1.39. The molecule has 0 aliphatic carbocycles. The van der Waals surface area contributed by atoms with Crippen molar-refractivity contribution >= 4 is 27.1 Å². The molecule has 0 spiro atoms. The number of aromatic nitrogens is 1. The number of aromatic hydroxyl groups is 1. The van der Waals surface area contributed by atoms with Crippen LogP contribution in [0.1, 0.15) is 17.3 Å². The van der Waals surface area contributed by atoms with Gasteiger partial charge in [0.1, 0.15) is 6.26 Å². The number of hydrogen-bond donors (Lipinski definition) is 3. The van der Waals surface area contributed by atoms with Gasteiger partial charge in [0.05, 0.1) is 9.80 Å². The van der Waals surface area contributed by atoms with Crippen LogP contribution in [0.15, 0.2) is 83.1 Å². The summed E-state index contributed by atoms with van der Waals surface area (Å²) in [6.07, 6.45) is 3.80. The van der Waals surface area contributed by atoms with Crippen molar-refractivity contribution in [1.29, 1.82) is 0 Å². The van der Waals surface area contributed by atoms with E-state index in [9.17, 15) is 18.3 Å². The third-order valence-electron chi connectivity index (χ3n) is 3.99. The van der Waals surface area contributed by atoms with Crippen molar-refractivity contribution in [1.82, 2.24) is 4.98 Å². The van der Waals surface area contributed by atoms with E-state index in [1.807, 2.05) is 0 Å². The number of phenols is 1. The molecule has 3 N–H and O–H groups in total. The Kier molecular flexibility index (Phi) is 8.73. The molecule has 1 heterocycles. The van der Waals surface area contributed by atoms with Crippen molar-refractivity contribution in [3.63, 3.8) is 0 Å². The van der Waals surface area contributed by atoms with Crippen LogP contribution in [0.5, 0.6) is 5.75 Å². The zero-order valence-corrected chi connectivity index (χ0v) is 20.1. The van der Waals surface area contributed by atoms with Crippen molar-refractivity contribution in [2.24, 2.45) is 0 Å². The number of nitrogens with zero attached hydrogens (tertiary/aromatic N) is 1. The van der Waals surface area contributed by atoms with Gasteiger partial charge in [-0.15, -0.1) is 12.1 Å². The molecule has 8 nitrogen and oxygen atoms in total. The molecule has 0 unspecified atom stereocenters. The van der Waals surface area contributed by atoms with Crippen LogP contribution in [0.3, 0.4) is 0 Å². The summed E-state index contributed by atoms with van der Waals surface area (Å²) < 4.78 is 24.8. The van der Waals surface area contributed by atoms with Gasteiger partial charge >= 0.3 is 0 Å². The van der Waals surface area contributed by atoms with Crippen LogP contribution in [0.4, 0.5) is 11.4 Å². The Hall–Kier alpha value is -2.75. The summed E-state index contributed by atoms with van der Waals surface area (Å²) in [6, 6.07) is 16.7. The van der Waals surface area contributed by atoms with Crippen LogP contribution >= 0.6 is 0 Å². The number of nitrogens with one attached hydrogen (secondary N) is 2. The quantitative estimate of drug-likeness (QED) is 0.192. The number of allylic oxidation sites excluding steroid dienone is 1. The number of rotatable bonds is 7. The number of hydrogen-bond acceptors (Lipinski definition) is 7. The molecule has 0 atom stereocenters. The van der Waals surface area contributed by atoms with Crippen molar-refractivity contribution in [2.45, 2.75) is 11.8 Å². The number of pyridine rings is 1. The van der Waals surface area contributed by atoms with Crippen LogP contribution in [0, 0.1) is 6.07 Å². The third kappa shape index (κ3) is 6.37. The van der Waals surface area contributed by atoms with Gasteiger partial charge in [-0.25, -0.2) is 13.9 Å². The number of benzene rings is 2. The fourth-order valence-corrected chi connectivity index (χ4v) is 3.39. The molecule has 1 radical (unpaired) electrons. The fraction of sp³-hybridized carbons (Fsp3) is 0.0476. The minimum Gasteiger partial charge on any atom is -0.531 e. The van der Waals surface area contributed by atoms with E-state index in [2.05, 4.69) is 21.8 Å². The largest absolute Gasteiger partial charge is 0.531 e. The van der Waals surface area contributed by atoms with Crippen LogP contribution in [-0.4, -0.2) is 24.4 Å². The number of carbonyl (C=O) groups excluding carboxylic acids is 1. The molecule has 3 rings (SSSR count). The Labute approximate surface area is 205 Å². The smallest absolute Gasteiger partial charge is 0.244 e. The van der Waals surface area contributed by atoms with Gasteiger partial charge in [-0.1, -0.05) is 18.2 Å². The van der Waals surface area contributed by atoms with Gasteiger partial charge in [0.25, 0.3) is 0 Å². The van der Waals surface area contributed by atoms with E-state index in [-0.39, 0.29) is 65.5 Å². The number of phenolic OH excluding ortho intramolecular Hbond substituents is 1. The van der Waals surface area contributed by atoms with Gasteiger partial charge in [0.2, 0.25) is 15.7 Å². The first kappa shape index (κ1) is 24.5. The maximum absolute atomic E-state index is 12.4. The molecule has 31 heavy (non-hydrogen) atoms. The van der Waals surface area contributed by atoms with Crippen molar-refractivity contribution in [2.75, 3.05) is 10.8 Å². The van der Waals surface area contributed by atoms with Crippen molar-refractivity contribution in [3.8, 4) is 5.75 Å². The summed E-state index contributed by atoms with van der Waals surface area (Å²) in [5.74, 6) is -0.592. The zero-order chi connectivity index (χ0) is 21.6. The number of amides is 1. The first-order chi connectivity index (χ1) is 14.4. The zero-order valence-electron chi connectivity index (χ0n) is 16.4. The second kappa shape index (κ2) is 11.0. The monoisotopic (exact) mass is 513 g/mol. The molecule has 10 heteroatoms. The van der Waals surface area contributed by atoms with Crippen molar-refractivity contribution < 1.29 is 55.9 Å². The van der Waals surface area contributed by atoms with E-state index < -0.39 is 9.84 Å². The maximum Gasteiger partial charge on any atom is 0.244 e. The Morgan fingerprint density at radius 2 is 1.84 bits per heavy atom. The topological polar surface area (TPSA) is 118 Å². The van der Waals surface area contributed by atoms with Crippen LogP contribution in [-0.2, 0) is 47.4 Å². The summed E-state index contributed by atoms with van der Waals surface area (Å²) >= 11 is 0. The molecular formula is C21H18N3O5SY-. The van der Waals surface area contributed by atoms with E-state index in [0.29, 0.717) is 5.56 Å². The molecule has 157 valence electrons. The minimum absolute atomic E-state index is 0. The Bertz CT molecular complexity index is 1170. The van der Waals surface area contributed by atoms with Crippen molar-refractivity contribution in [3.05, 3.63) is 89.8 Å². The molecule has 2 aromatic carbocycles.